The fourth-order valence-corrected chi connectivity index (χ4v) is 4.64. The molecule has 0 unspecified atom stereocenters. The molecule has 4 aromatic rings. The van der Waals surface area contributed by atoms with Crippen LogP contribution in [0.3, 0.4) is 0 Å². The molecule has 0 heterocycles. The van der Waals surface area contributed by atoms with Gasteiger partial charge in [-0.25, -0.2) is 4.99 Å². The van der Waals surface area contributed by atoms with Crippen molar-refractivity contribution in [1.29, 1.82) is 0 Å². The maximum absolute atomic E-state index is 13.7. The number of carbonyl (C=O) groups excluding carboxylic acids is 1. The van der Waals surface area contributed by atoms with Crippen molar-refractivity contribution in [3.05, 3.63) is 137 Å². The molecule has 0 atom stereocenters. The SMILES string of the molecule is COCCNC(=O)c1ccc(CN=C(NCCC(c2ccccc2)c2ccccc2)Nc2ccccc2C(F)(F)F)cc1. The number of halogens is 3. The predicted molar refractivity (Wildman–Crippen MR) is 164 cm³/mol. The van der Waals surface area contributed by atoms with Gasteiger partial charge in [-0.3, -0.25) is 4.79 Å². The highest BCUT2D eigenvalue weighted by molar-refractivity contribution is 5.95. The van der Waals surface area contributed by atoms with E-state index in [4.69, 9.17) is 4.74 Å². The maximum atomic E-state index is 13.7. The summed E-state index contributed by atoms with van der Waals surface area (Å²) in [6, 6.07) is 32.5. The zero-order valence-corrected chi connectivity index (χ0v) is 23.9. The van der Waals surface area contributed by atoms with Crippen molar-refractivity contribution < 1.29 is 22.7 Å². The molecule has 1 amide bonds. The van der Waals surface area contributed by atoms with Crippen LogP contribution in [-0.4, -0.2) is 38.7 Å². The Kier molecular flexibility index (Phi) is 11.3. The number of guanidine groups is 1. The van der Waals surface area contributed by atoms with Gasteiger partial charge in [0.25, 0.3) is 5.91 Å². The van der Waals surface area contributed by atoms with Crippen molar-refractivity contribution in [1.82, 2.24) is 10.6 Å². The van der Waals surface area contributed by atoms with Gasteiger partial charge in [0.1, 0.15) is 0 Å². The second-order valence-corrected chi connectivity index (χ2v) is 9.87. The van der Waals surface area contributed by atoms with Gasteiger partial charge in [0.15, 0.2) is 5.96 Å². The van der Waals surface area contributed by atoms with E-state index in [1.807, 2.05) is 36.4 Å². The van der Waals surface area contributed by atoms with Crippen LogP contribution in [0, 0.1) is 0 Å². The van der Waals surface area contributed by atoms with Gasteiger partial charge in [-0.15, -0.1) is 0 Å². The topological polar surface area (TPSA) is 74.8 Å². The number of hydrogen-bond acceptors (Lipinski definition) is 3. The summed E-state index contributed by atoms with van der Waals surface area (Å²) >= 11 is 0. The van der Waals surface area contributed by atoms with E-state index in [1.165, 1.54) is 12.1 Å². The van der Waals surface area contributed by atoms with Gasteiger partial charge in [0.05, 0.1) is 24.4 Å². The number of ether oxygens (including phenoxy) is 1. The van der Waals surface area contributed by atoms with Crippen molar-refractivity contribution in [3.8, 4) is 0 Å². The Bertz CT molecular complexity index is 1420. The molecule has 0 aromatic heterocycles. The molecule has 9 heteroatoms. The van der Waals surface area contributed by atoms with Crippen LogP contribution in [0.15, 0.2) is 114 Å². The molecule has 6 nitrogen and oxygen atoms in total. The summed E-state index contributed by atoms with van der Waals surface area (Å²) in [5.41, 5.74) is 2.72. The normalized spacial score (nSPS) is 11.8. The summed E-state index contributed by atoms with van der Waals surface area (Å²) in [7, 11) is 1.56. The molecule has 0 aliphatic carbocycles. The van der Waals surface area contributed by atoms with Crippen molar-refractivity contribution in [2.75, 3.05) is 32.1 Å². The Labute approximate surface area is 250 Å². The molecule has 3 N–H and O–H groups in total. The minimum Gasteiger partial charge on any atom is -0.383 e. The molecule has 0 saturated carbocycles. The molecule has 4 aromatic carbocycles. The number of benzene rings is 4. The summed E-state index contributed by atoms with van der Waals surface area (Å²) in [5.74, 6) is 0.0883. The lowest BCUT2D eigenvalue weighted by Crippen LogP contribution is -2.33. The number of methoxy groups -OCH3 is 1. The van der Waals surface area contributed by atoms with Crippen LogP contribution >= 0.6 is 0 Å². The Morgan fingerprint density at radius 1 is 0.791 bits per heavy atom. The molecule has 224 valence electrons. The summed E-state index contributed by atoms with van der Waals surface area (Å²) in [6.07, 6.45) is -3.84. The van der Waals surface area contributed by atoms with E-state index in [9.17, 15) is 18.0 Å². The summed E-state index contributed by atoms with van der Waals surface area (Å²) < 4.78 is 46.2. The fraction of sp³-hybridized carbons (Fsp3) is 0.235. The highest BCUT2D eigenvalue weighted by atomic mass is 19.4. The van der Waals surface area contributed by atoms with E-state index in [0.29, 0.717) is 31.7 Å². The number of amides is 1. The van der Waals surface area contributed by atoms with Crippen LogP contribution in [0.4, 0.5) is 18.9 Å². The monoisotopic (exact) mass is 588 g/mol. The second-order valence-electron chi connectivity index (χ2n) is 9.87. The number of aliphatic imine (C=N–C) groups is 1. The van der Waals surface area contributed by atoms with Crippen molar-refractivity contribution in [2.45, 2.75) is 25.1 Å². The lowest BCUT2D eigenvalue weighted by molar-refractivity contribution is -0.136. The molecule has 0 radical (unpaired) electrons. The third kappa shape index (κ3) is 9.44. The molecule has 43 heavy (non-hydrogen) atoms. The highest BCUT2D eigenvalue weighted by Gasteiger charge is 2.33. The van der Waals surface area contributed by atoms with Crippen molar-refractivity contribution >= 4 is 17.6 Å². The lowest BCUT2D eigenvalue weighted by atomic mass is 9.88. The van der Waals surface area contributed by atoms with Crippen molar-refractivity contribution in [2.24, 2.45) is 4.99 Å². The minimum atomic E-state index is -4.53. The highest BCUT2D eigenvalue weighted by Crippen LogP contribution is 2.34. The van der Waals surface area contributed by atoms with E-state index in [0.717, 1.165) is 22.8 Å². The number of nitrogens with zero attached hydrogens (tertiary/aromatic N) is 1. The van der Waals surface area contributed by atoms with Gasteiger partial charge < -0.3 is 20.7 Å². The number of nitrogens with one attached hydrogen (secondary N) is 3. The maximum Gasteiger partial charge on any atom is 0.418 e. The lowest BCUT2D eigenvalue weighted by Gasteiger charge is -2.20. The van der Waals surface area contributed by atoms with Crippen molar-refractivity contribution in [3.63, 3.8) is 0 Å². The number of para-hydroxylation sites is 1. The Morgan fingerprint density at radius 2 is 1.40 bits per heavy atom. The van der Waals surface area contributed by atoms with E-state index in [-0.39, 0.29) is 30.0 Å². The molecule has 0 aliphatic heterocycles. The average Bonchev–Trinajstić information content (AvgIpc) is 3.02. The molecule has 0 fully saturated rings. The van der Waals surface area contributed by atoms with Crippen LogP contribution in [0.1, 0.15) is 45.0 Å². The first-order chi connectivity index (χ1) is 20.8. The van der Waals surface area contributed by atoms with Gasteiger partial charge in [-0.1, -0.05) is 84.9 Å². The minimum absolute atomic E-state index is 0.0844. The number of carbonyl (C=O) groups is 1. The zero-order valence-electron chi connectivity index (χ0n) is 23.9. The molecule has 0 aliphatic rings. The van der Waals surface area contributed by atoms with E-state index in [2.05, 4.69) is 45.2 Å². The number of anilines is 1. The average molecular weight is 589 g/mol. The zero-order chi connectivity index (χ0) is 30.5. The first-order valence-corrected chi connectivity index (χ1v) is 14.0. The standard InChI is InChI=1S/C34H35F3N4O2/c1-43-23-22-38-32(42)28-18-16-25(17-19-28)24-40-33(41-31-15-9-8-14-30(31)34(35,36)37)39-21-20-29(26-10-4-2-5-11-26)27-12-6-3-7-13-27/h2-19,29H,20-24H2,1H3,(H,38,42)(H2,39,40,41). The predicted octanol–water partition coefficient (Wildman–Crippen LogP) is 6.86. The number of rotatable bonds is 12. The molecule has 4 rings (SSSR count). The number of hydrogen-bond donors (Lipinski definition) is 3. The molecule has 0 saturated heterocycles. The first kappa shape index (κ1) is 31.3. The Hall–Kier alpha value is -4.63. The number of alkyl halides is 3. The van der Waals surface area contributed by atoms with Crippen LogP contribution in [0.2, 0.25) is 0 Å². The van der Waals surface area contributed by atoms with Crippen LogP contribution in [0.25, 0.3) is 0 Å². The smallest absolute Gasteiger partial charge is 0.383 e. The van der Waals surface area contributed by atoms with Gasteiger partial charge >= 0.3 is 6.18 Å². The van der Waals surface area contributed by atoms with Crippen LogP contribution < -0.4 is 16.0 Å². The molecular formula is C34H35F3N4O2. The van der Waals surface area contributed by atoms with Gasteiger partial charge in [-0.2, -0.15) is 13.2 Å². The summed E-state index contributed by atoms with van der Waals surface area (Å²) in [5, 5.41) is 8.89. The van der Waals surface area contributed by atoms with Crippen LogP contribution in [0.5, 0.6) is 0 Å². The van der Waals surface area contributed by atoms with Gasteiger partial charge in [0, 0.05) is 31.7 Å². The first-order valence-electron chi connectivity index (χ1n) is 14.0. The van der Waals surface area contributed by atoms with Crippen LogP contribution in [-0.2, 0) is 17.5 Å². The van der Waals surface area contributed by atoms with E-state index >= 15 is 0 Å². The Balaban J connectivity index is 1.52. The third-order valence-electron chi connectivity index (χ3n) is 6.84. The third-order valence-corrected chi connectivity index (χ3v) is 6.84. The van der Waals surface area contributed by atoms with Gasteiger partial charge in [-0.05, 0) is 47.4 Å². The quantitative estimate of drug-likeness (QED) is 0.0961. The fourth-order valence-electron chi connectivity index (χ4n) is 4.64. The molecule has 0 spiro atoms. The summed E-state index contributed by atoms with van der Waals surface area (Å²) in [6.45, 7) is 1.46. The molecular weight excluding hydrogens is 553 g/mol. The van der Waals surface area contributed by atoms with Gasteiger partial charge in [0.2, 0.25) is 0 Å². The largest absolute Gasteiger partial charge is 0.418 e. The second kappa shape index (κ2) is 15.6. The van der Waals surface area contributed by atoms with E-state index < -0.39 is 11.7 Å². The Morgan fingerprint density at radius 3 is 2.00 bits per heavy atom. The molecule has 0 bridgehead atoms. The summed E-state index contributed by atoms with van der Waals surface area (Å²) in [4.78, 5) is 16.9. The van der Waals surface area contributed by atoms with E-state index in [1.54, 1.807) is 37.4 Å².